The molecule has 0 spiro atoms. The van der Waals surface area contributed by atoms with Crippen molar-refractivity contribution in [2.24, 2.45) is 0 Å². The van der Waals surface area contributed by atoms with Gasteiger partial charge >= 0.3 is 0 Å². The van der Waals surface area contributed by atoms with Crippen molar-refractivity contribution in [1.29, 1.82) is 0 Å². The molecule has 0 radical (unpaired) electrons. The van der Waals surface area contributed by atoms with E-state index in [0.29, 0.717) is 0 Å². The van der Waals surface area contributed by atoms with Crippen LogP contribution in [0.4, 0.5) is 17.1 Å². The monoisotopic (exact) mass is 1010 g/mol. The van der Waals surface area contributed by atoms with Crippen molar-refractivity contribution in [1.82, 2.24) is 13.7 Å². The van der Waals surface area contributed by atoms with Gasteiger partial charge in [0.15, 0.2) is 0 Å². The van der Waals surface area contributed by atoms with Crippen LogP contribution in [0.25, 0.3) is 116 Å². The fourth-order valence-electron chi connectivity index (χ4n) is 12.4. The first-order valence-corrected chi connectivity index (χ1v) is 27.3. The van der Waals surface area contributed by atoms with Gasteiger partial charge in [-0.25, -0.2) is 0 Å². The smallest absolute Gasteiger partial charge is 0.0541 e. The lowest BCUT2D eigenvalue weighted by Crippen LogP contribution is -2.09. The number of anilines is 3. The number of benzene rings is 12. The molecule has 0 saturated carbocycles. The maximum Gasteiger partial charge on any atom is 0.0541 e. The Balaban J connectivity index is 0.812. The number of fused-ring (bicyclic) bond motifs is 9. The van der Waals surface area contributed by atoms with Gasteiger partial charge in [0.2, 0.25) is 0 Å². The average molecular weight is 1010 g/mol. The molecule has 12 aromatic carbocycles. The lowest BCUT2D eigenvalue weighted by molar-refractivity contribution is 1.17. The van der Waals surface area contributed by atoms with Crippen LogP contribution in [0.2, 0.25) is 0 Å². The molecule has 15 aromatic rings. The third-order valence-electron chi connectivity index (χ3n) is 16.2. The maximum atomic E-state index is 2.39. The van der Waals surface area contributed by atoms with Gasteiger partial charge in [-0.2, -0.15) is 0 Å². The van der Waals surface area contributed by atoms with Crippen molar-refractivity contribution >= 4 is 82.5 Å². The average Bonchev–Trinajstić information content (AvgIpc) is 4.35. The molecule has 0 atom stereocenters. The summed E-state index contributed by atoms with van der Waals surface area (Å²) in [6, 6.07) is 101. The standard InChI is InChI=1S/C75H54N4/c1-49-13-10-16-61(43-49)77-70-22-7-4-19-64(70)67-46-55(31-40-73(67)77)52-25-34-58(35-26-52)76(59-36-27-53(28-37-59)56-32-41-74-68(47-56)65-20-5-8-23-71(65)78(74)62-17-11-14-50(2)44-62)60-38-29-54(30-39-60)57-33-42-75-69(48-57)66-21-6-9-24-72(66)79(75)63-18-12-15-51(3)45-63/h4-48H,1-3H3. The van der Waals surface area contributed by atoms with E-state index in [9.17, 15) is 0 Å². The second kappa shape index (κ2) is 18.5. The third kappa shape index (κ3) is 7.83. The zero-order valence-corrected chi connectivity index (χ0v) is 44.3. The molecule has 0 aliphatic heterocycles. The zero-order chi connectivity index (χ0) is 52.7. The van der Waals surface area contributed by atoms with Crippen molar-refractivity contribution in [3.63, 3.8) is 0 Å². The van der Waals surface area contributed by atoms with E-state index < -0.39 is 0 Å². The van der Waals surface area contributed by atoms with E-state index in [-0.39, 0.29) is 0 Å². The molecular formula is C75H54N4. The minimum Gasteiger partial charge on any atom is -0.311 e. The first-order valence-electron chi connectivity index (χ1n) is 27.3. The predicted molar refractivity (Wildman–Crippen MR) is 335 cm³/mol. The fraction of sp³-hybridized carbons (Fsp3) is 0.0400. The lowest BCUT2D eigenvalue weighted by atomic mass is 10.0. The van der Waals surface area contributed by atoms with Crippen LogP contribution in [0.3, 0.4) is 0 Å². The van der Waals surface area contributed by atoms with Gasteiger partial charge in [-0.3, -0.25) is 0 Å². The summed E-state index contributed by atoms with van der Waals surface area (Å²) in [6.45, 7) is 6.48. The van der Waals surface area contributed by atoms with Gasteiger partial charge in [0.1, 0.15) is 0 Å². The summed E-state index contributed by atoms with van der Waals surface area (Å²) < 4.78 is 7.18. The minimum absolute atomic E-state index is 1.08. The van der Waals surface area contributed by atoms with Crippen molar-refractivity contribution in [2.75, 3.05) is 4.90 Å². The molecule has 0 aliphatic rings. The highest BCUT2D eigenvalue weighted by Gasteiger charge is 2.19. The molecule has 79 heavy (non-hydrogen) atoms. The minimum atomic E-state index is 1.08. The van der Waals surface area contributed by atoms with Crippen molar-refractivity contribution in [3.05, 3.63) is 290 Å². The van der Waals surface area contributed by atoms with Crippen LogP contribution in [-0.2, 0) is 0 Å². The summed E-state index contributed by atoms with van der Waals surface area (Å²) in [4.78, 5) is 2.38. The number of hydrogen-bond donors (Lipinski definition) is 0. The summed E-state index contributed by atoms with van der Waals surface area (Å²) in [6.07, 6.45) is 0. The first-order chi connectivity index (χ1) is 38.9. The highest BCUT2D eigenvalue weighted by molar-refractivity contribution is 6.13. The second-order valence-electron chi connectivity index (χ2n) is 21.2. The Kier molecular flexibility index (Phi) is 10.8. The Morgan fingerprint density at radius 2 is 0.481 bits per heavy atom. The molecular weight excluding hydrogens is 957 g/mol. The number of aromatic nitrogens is 3. The van der Waals surface area contributed by atoms with E-state index >= 15 is 0 Å². The first kappa shape index (κ1) is 46.2. The largest absolute Gasteiger partial charge is 0.311 e. The van der Waals surface area contributed by atoms with Gasteiger partial charge in [-0.1, -0.05) is 146 Å². The van der Waals surface area contributed by atoms with Gasteiger partial charge in [-0.05, 0) is 198 Å². The number of nitrogens with zero attached hydrogens (tertiary/aromatic N) is 4. The Labute approximate surface area is 459 Å². The van der Waals surface area contributed by atoms with Crippen LogP contribution in [0.5, 0.6) is 0 Å². The molecule has 0 unspecified atom stereocenters. The molecule has 15 rings (SSSR count). The molecule has 0 bridgehead atoms. The molecule has 3 heterocycles. The van der Waals surface area contributed by atoms with E-state index in [0.717, 1.165) is 17.1 Å². The molecule has 0 fully saturated rings. The van der Waals surface area contributed by atoms with Crippen LogP contribution in [-0.4, -0.2) is 13.7 Å². The van der Waals surface area contributed by atoms with E-state index in [2.05, 4.69) is 312 Å². The van der Waals surface area contributed by atoms with Crippen molar-refractivity contribution in [2.45, 2.75) is 20.8 Å². The predicted octanol–water partition coefficient (Wildman–Crippen LogP) is 20.4. The molecule has 0 saturated heterocycles. The van der Waals surface area contributed by atoms with Crippen LogP contribution >= 0.6 is 0 Å². The molecule has 0 amide bonds. The van der Waals surface area contributed by atoms with Crippen molar-refractivity contribution in [3.8, 4) is 50.4 Å². The molecule has 3 aromatic heterocycles. The Hall–Kier alpha value is -10.2. The number of para-hydroxylation sites is 3. The molecule has 4 heteroatoms. The summed E-state index contributed by atoms with van der Waals surface area (Å²) in [7, 11) is 0. The number of rotatable bonds is 9. The highest BCUT2D eigenvalue weighted by atomic mass is 15.1. The van der Waals surface area contributed by atoms with E-state index in [4.69, 9.17) is 0 Å². The quantitative estimate of drug-likeness (QED) is 0.141. The third-order valence-corrected chi connectivity index (χ3v) is 16.2. The van der Waals surface area contributed by atoms with Crippen molar-refractivity contribution < 1.29 is 0 Å². The Morgan fingerprint density at radius 1 is 0.215 bits per heavy atom. The zero-order valence-electron chi connectivity index (χ0n) is 44.3. The highest BCUT2D eigenvalue weighted by Crippen LogP contribution is 2.42. The van der Waals surface area contributed by atoms with Gasteiger partial charge < -0.3 is 18.6 Å². The van der Waals surface area contributed by atoms with Gasteiger partial charge in [0, 0.05) is 66.4 Å². The molecule has 0 aliphatic carbocycles. The topological polar surface area (TPSA) is 18.0 Å². The molecule has 374 valence electrons. The van der Waals surface area contributed by atoms with Gasteiger partial charge in [0.25, 0.3) is 0 Å². The van der Waals surface area contributed by atoms with Gasteiger partial charge in [0.05, 0.1) is 33.1 Å². The summed E-state index contributed by atoms with van der Waals surface area (Å²) in [5.74, 6) is 0. The van der Waals surface area contributed by atoms with Crippen LogP contribution in [0, 0.1) is 20.8 Å². The summed E-state index contributed by atoms with van der Waals surface area (Å²) in [5, 5.41) is 7.48. The summed E-state index contributed by atoms with van der Waals surface area (Å²) in [5.41, 5.74) is 24.8. The van der Waals surface area contributed by atoms with Crippen LogP contribution in [0.1, 0.15) is 16.7 Å². The molecule has 4 nitrogen and oxygen atoms in total. The van der Waals surface area contributed by atoms with E-state index in [1.165, 1.54) is 133 Å². The lowest BCUT2D eigenvalue weighted by Gasteiger charge is -2.26. The number of hydrogen-bond acceptors (Lipinski definition) is 1. The fourth-order valence-corrected chi connectivity index (χ4v) is 12.4. The van der Waals surface area contributed by atoms with Gasteiger partial charge in [-0.15, -0.1) is 0 Å². The van der Waals surface area contributed by atoms with Crippen LogP contribution < -0.4 is 4.90 Å². The summed E-state index contributed by atoms with van der Waals surface area (Å²) >= 11 is 0. The Morgan fingerprint density at radius 3 is 0.772 bits per heavy atom. The number of aryl methyl sites for hydroxylation is 3. The van der Waals surface area contributed by atoms with E-state index in [1.54, 1.807) is 0 Å². The second-order valence-corrected chi connectivity index (χ2v) is 21.2. The van der Waals surface area contributed by atoms with Crippen LogP contribution in [0.15, 0.2) is 273 Å². The normalized spacial score (nSPS) is 11.7. The Bertz CT molecular complexity index is 4360. The SMILES string of the molecule is Cc1cccc(-n2c3ccccc3c3cc(-c4ccc(N(c5ccc(-c6ccc7c(c6)c6ccccc6n7-c6cccc(C)c6)cc5)c5ccc(-c6ccc7c(c6)c6ccccc6n7-c6cccc(C)c6)cc5)cc4)ccc32)c1. The molecule has 0 N–H and O–H groups in total. The van der Waals surface area contributed by atoms with E-state index in [1.807, 2.05) is 0 Å². The maximum absolute atomic E-state index is 2.39.